The summed E-state index contributed by atoms with van der Waals surface area (Å²) < 4.78 is 11.0. The van der Waals surface area contributed by atoms with Gasteiger partial charge in [0.05, 0.1) is 25.0 Å². The van der Waals surface area contributed by atoms with Crippen LogP contribution in [0.2, 0.25) is 0 Å². The molecule has 0 aliphatic heterocycles. The number of carbonyl (C=O) groups is 2. The molecule has 21 heavy (non-hydrogen) atoms. The minimum Gasteiger partial charge on any atom is -0.462 e. The molecule has 0 unspecified atom stereocenters. The number of hydrogen-bond donors (Lipinski definition) is 0. The minimum absolute atomic E-state index is 0.0909. The second-order valence-electron chi connectivity index (χ2n) is 3.89. The highest BCUT2D eigenvalue weighted by atomic mass is 16.5. The first-order valence-electron chi connectivity index (χ1n) is 6.38. The maximum Gasteiger partial charge on any atom is 0.360 e. The minimum atomic E-state index is -0.549. The zero-order valence-corrected chi connectivity index (χ0v) is 11.6. The number of hydrogen-bond acceptors (Lipinski definition) is 7. The molecule has 110 valence electrons. The average molecular weight is 290 g/mol. The fourth-order valence-corrected chi connectivity index (χ4v) is 1.53. The van der Waals surface area contributed by atoms with Crippen molar-refractivity contribution in [1.82, 2.24) is 20.0 Å². The molecule has 0 radical (unpaired) electrons. The van der Waals surface area contributed by atoms with Crippen molar-refractivity contribution in [2.24, 2.45) is 0 Å². The number of nitrogens with zero attached hydrogens (tertiary/aromatic N) is 4. The van der Waals surface area contributed by atoms with Crippen LogP contribution in [-0.4, -0.2) is 45.1 Å². The molecule has 0 fully saturated rings. The molecule has 0 bridgehead atoms. The SMILES string of the molecule is CCOC(=O)c1ccc(-n2cc(C(=O)OCC)nn2)nc1. The maximum absolute atomic E-state index is 11.5. The first-order chi connectivity index (χ1) is 10.2. The Balaban J connectivity index is 2.15. The summed E-state index contributed by atoms with van der Waals surface area (Å²) in [4.78, 5) is 27.1. The number of pyridine rings is 1. The van der Waals surface area contributed by atoms with Gasteiger partial charge in [-0.1, -0.05) is 5.21 Å². The molecule has 0 saturated carbocycles. The van der Waals surface area contributed by atoms with Crippen LogP contribution in [0.4, 0.5) is 0 Å². The van der Waals surface area contributed by atoms with Gasteiger partial charge in [-0.2, -0.15) is 0 Å². The lowest BCUT2D eigenvalue weighted by molar-refractivity contribution is 0.0512. The van der Waals surface area contributed by atoms with Gasteiger partial charge in [-0.15, -0.1) is 5.10 Å². The summed E-state index contributed by atoms with van der Waals surface area (Å²) in [5.74, 6) is -0.569. The number of rotatable bonds is 5. The van der Waals surface area contributed by atoms with Crippen LogP contribution in [-0.2, 0) is 9.47 Å². The lowest BCUT2D eigenvalue weighted by atomic mass is 10.3. The standard InChI is InChI=1S/C13H14N4O4/c1-3-20-12(18)9-5-6-11(14-7-9)17-8-10(15-16-17)13(19)21-4-2/h5-8H,3-4H2,1-2H3. The van der Waals surface area contributed by atoms with Crippen LogP contribution in [0.5, 0.6) is 0 Å². The largest absolute Gasteiger partial charge is 0.462 e. The fourth-order valence-electron chi connectivity index (χ4n) is 1.53. The fraction of sp³-hybridized carbons (Fsp3) is 0.308. The molecule has 2 aromatic heterocycles. The molecule has 0 spiro atoms. The molecule has 0 aliphatic carbocycles. The Kier molecular flexibility index (Phi) is 4.60. The van der Waals surface area contributed by atoms with Crippen molar-refractivity contribution in [3.63, 3.8) is 0 Å². The molecule has 2 rings (SSSR count). The van der Waals surface area contributed by atoms with Crippen molar-refractivity contribution in [2.45, 2.75) is 13.8 Å². The van der Waals surface area contributed by atoms with E-state index in [-0.39, 0.29) is 12.3 Å². The van der Waals surface area contributed by atoms with Gasteiger partial charge in [0.25, 0.3) is 0 Å². The van der Waals surface area contributed by atoms with E-state index in [0.717, 1.165) is 0 Å². The first-order valence-corrected chi connectivity index (χ1v) is 6.38. The van der Waals surface area contributed by atoms with Gasteiger partial charge >= 0.3 is 11.9 Å². The summed E-state index contributed by atoms with van der Waals surface area (Å²) in [7, 11) is 0. The second-order valence-corrected chi connectivity index (χ2v) is 3.89. The van der Waals surface area contributed by atoms with Crippen molar-refractivity contribution >= 4 is 11.9 Å². The maximum atomic E-state index is 11.5. The van der Waals surface area contributed by atoms with Crippen molar-refractivity contribution in [1.29, 1.82) is 0 Å². The monoisotopic (exact) mass is 290 g/mol. The number of aromatic nitrogens is 4. The second kappa shape index (κ2) is 6.60. The summed E-state index contributed by atoms with van der Waals surface area (Å²) in [6, 6.07) is 3.14. The highest BCUT2D eigenvalue weighted by Crippen LogP contribution is 2.07. The quantitative estimate of drug-likeness (QED) is 0.758. The molecular weight excluding hydrogens is 276 g/mol. The van der Waals surface area contributed by atoms with Gasteiger partial charge in [-0.05, 0) is 26.0 Å². The zero-order valence-electron chi connectivity index (χ0n) is 11.6. The number of ether oxygens (including phenoxy) is 2. The molecular formula is C13H14N4O4. The number of carbonyl (C=O) groups excluding carboxylic acids is 2. The van der Waals surface area contributed by atoms with E-state index < -0.39 is 11.9 Å². The van der Waals surface area contributed by atoms with E-state index in [0.29, 0.717) is 18.0 Å². The first kappa shape index (κ1) is 14.6. The topological polar surface area (TPSA) is 96.2 Å². The Morgan fingerprint density at radius 1 is 1.14 bits per heavy atom. The van der Waals surface area contributed by atoms with Gasteiger partial charge < -0.3 is 9.47 Å². The Bertz CT molecular complexity index is 636. The zero-order chi connectivity index (χ0) is 15.2. The van der Waals surface area contributed by atoms with Crippen LogP contribution in [0.1, 0.15) is 34.7 Å². The van der Waals surface area contributed by atoms with E-state index in [1.54, 1.807) is 26.0 Å². The lowest BCUT2D eigenvalue weighted by Crippen LogP contribution is -2.06. The van der Waals surface area contributed by atoms with E-state index in [1.165, 1.54) is 17.1 Å². The van der Waals surface area contributed by atoms with Crippen LogP contribution in [0.3, 0.4) is 0 Å². The summed E-state index contributed by atoms with van der Waals surface area (Å²) in [6.45, 7) is 3.99. The van der Waals surface area contributed by atoms with Gasteiger partial charge in [0.2, 0.25) is 0 Å². The Labute approximate surface area is 120 Å². The van der Waals surface area contributed by atoms with E-state index in [4.69, 9.17) is 9.47 Å². The summed E-state index contributed by atoms with van der Waals surface area (Å²) in [5, 5.41) is 7.49. The molecule has 0 saturated heterocycles. The summed E-state index contributed by atoms with van der Waals surface area (Å²) in [5.41, 5.74) is 0.430. The molecule has 0 atom stereocenters. The Morgan fingerprint density at radius 3 is 2.48 bits per heavy atom. The van der Waals surface area contributed by atoms with E-state index in [1.807, 2.05) is 0 Å². The third kappa shape index (κ3) is 3.41. The Morgan fingerprint density at radius 2 is 1.86 bits per heavy atom. The predicted octanol–water partition coefficient (Wildman–Crippen LogP) is 1.02. The van der Waals surface area contributed by atoms with Crippen molar-refractivity contribution in [2.75, 3.05) is 13.2 Å². The van der Waals surface area contributed by atoms with Gasteiger partial charge in [0.1, 0.15) is 0 Å². The molecule has 0 aliphatic rings. The van der Waals surface area contributed by atoms with Crippen LogP contribution in [0.15, 0.2) is 24.5 Å². The van der Waals surface area contributed by atoms with Gasteiger partial charge in [0.15, 0.2) is 11.5 Å². The molecule has 2 aromatic rings. The van der Waals surface area contributed by atoms with Gasteiger partial charge in [0, 0.05) is 6.20 Å². The van der Waals surface area contributed by atoms with E-state index >= 15 is 0 Å². The van der Waals surface area contributed by atoms with Crippen LogP contribution in [0, 0.1) is 0 Å². The highest BCUT2D eigenvalue weighted by molar-refractivity contribution is 5.89. The van der Waals surface area contributed by atoms with Gasteiger partial charge in [-0.3, -0.25) is 0 Å². The van der Waals surface area contributed by atoms with E-state index in [2.05, 4.69) is 15.3 Å². The smallest absolute Gasteiger partial charge is 0.360 e. The predicted molar refractivity (Wildman–Crippen MR) is 71.1 cm³/mol. The van der Waals surface area contributed by atoms with E-state index in [9.17, 15) is 9.59 Å². The summed E-state index contributed by atoms with van der Waals surface area (Å²) >= 11 is 0. The highest BCUT2D eigenvalue weighted by Gasteiger charge is 2.13. The average Bonchev–Trinajstić information content (AvgIpc) is 2.98. The third-order valence-corrected chi connectivity index (χ3v) is 2.47. The normalized spacial score (nSPS) is 10.2. The molecule has 0 aromatic carbocycles. The van der Waals surface area contributed by atoms with Crippen LogP contribution < -0.4 is 0 Å². The lowest BCUT2D eigenvalue weighted by Gasteiger charge is -2.02. The third-order valence-electron chi connectivity index (χ3n) is 2.47. The molecule has 0 amide bonds. The summed E-state index contributed by atoms with van der Waals surface area (Å²) in [6.07, 6.45) is 2.78. The van der Waals surface area contributed by atoms with Crippen molar-refractivity contribution in [3.05, 3.63) is 35.8 Å². The van der Waals surface area contributed by atoms with Crippen molar-refractivity contribution < 1.29 is 19.1 Å². The molecule has 2 heterocycles. The Hall–Kier alpha value is -2.77. The number of esters is 2. The van der Waals surface area contributed by atoms with Crippen LogP contribution >= 0.6 is 0 Å². The van der Waals surface area contributed by atoms with Gasteiger partial charge in [-0.25, -0.2) is 19.3 Å². The molecule has 8 nitrogen and oxygen atoms in total. The molecule has 0 N–H and O–H groups in total. The van der Waals surface area contributed by atoms with Crippen LogP contribution in [0.25, 0.3) is 5.82 Å². The van der Waals surface area contributed by atoms with Crippen molar-refractivity contribution in [3.8, 4) is 5.82 Å². The molecule has 8 heteroatoms.